The Bertz CT molecular complexity index is 611. The van der Waals surface area contributed by atoms with Crippen LogP contribution in [0.2, 0.25) is 5.02 Å². The molecule has 3 heteroatoms. The third-order valence-corrected chi connectivity index (χ3v) is 4.09. The zero-order valence-corrected chi connectivity index (χ0v) is 11.8. The summed E-state index contributed by atoms with van der Waals surface area (Å²) in [6, 6.07) is 17.7. The second-order valence-electron chi connectivity index (χ2n) is 5.17. The maximum absolute atomic E-state index is 12.1. The maximum atomic E-state index is 12.1. The van der Waals surface area contributed by atoms with E-state index in [0.717, 1.165) is 22.6 Å². The monoisotopic (exact) mass is 285 g/mol. The lowest BCUT2D eigenvalue weighted by molar-refractivity contribution is -0.122. The zero-order valence-electron chi connectivity index (χ0n) is 11.1. The Labute approximate surface area is 123 Å². The Morgan fingerprint density at radius 1 is 1.10 bits per heavy atom. The Morgan fingerprint density at radius 3 is 2.55 bits per heavy atom. The molecule has 2 nitrogen and oxygen atoms in total. The van der Waals surface area contributed by atoms with Crippen LogP contribution in [-0.4, -0.2) is 5.91 Å². The minimum absolute atomic E-state index is 0.0682. The second kappa shape index (κ2) is 5.68. The molecule has 1 amide bonds. The first-order chi connectivity index (χ1) is 9.75. The largest absolute Gasteiger partial charge is 0.352 e. The van der Waals surface area contributed by atoms with Crippen molar-refractivity contribution >= 4 is 17.5 Å². The van der Waals surface area contributed by atoms with Crippen LogP contribution in [0.25, 0.3) is 0 Å². The SMILES string of the molecule is O=C(NCc1ccccc1)C1CC1c1ccccc1Cl. The lowest BCUT2D eigenvalue weighted by atomic mass is 10.1. The summed E-state index contributed by atoms with van der Waals surface area (Å²) < 4.78 is 0. The standard InChI is InChI=1S/C17H16ClNO/c18-16-9-5-4-8-13(16)14-10-15(14)17(20)19-11-12-6-2-1-3-7-12/h1-9,14-15H,10-11H2,(H,19,20). The van der Waals surface area contributed by atoms with Gasteiger partial charge in [0.25, 0.3) is 0 Å². The van der Waals surface area contributed by atoms with Crippen LogP contribution in [0.5, 0.6) is 0 Å². The molecule has 1 aliphatic carbocycles. The van der Waals surface area contributed by atoms with Crippen LogP contribution in [0.3, 0.4) is 0 Å². The van der Waals surface area contributed by atoms with Crippen molar-refractivity contribution in [2.75, 3.05) is 0 Å². The molecule has 1 aliphatic rings. The molecule has 2 unspecified atom stereocenters. The van der Waals surface area contributed by atoms with Crippen molar-refractivity contribution in [2.24, 2.45) is 5.92 Å². The zero-order chi connectivity index (χ0) is 13.9. The van der Waals surface area contributed by atoms with E-state index in [1.165, 1.54) is 0 Å². The Morgan fingerprint density at radius 2 is 1.80 bits per heavy atom. The predicted octanol–water partition coefficient (Wildman–Crippen LogP) is 3.76. The van der Waals surface area contributed by atoms with E-state index in [2.05, 4.69) is 5.32 Å². The number of hydrogen-bond acceptors (Lipinski definition) is 1. The predicted molar refractivity (Wildman–Crippen MR) is 80.6 cm³/mol. The molecule has 1 saturated carbocycles. The molecular formula is C17H16ClNO. The minimum Gasteiger partial charge on any atom is -0.352 e. The van der Waals surface area contributed by atoms with Crippen molar-refractivity contribution < 1.29 is 4.79 Å². The van der Waals surface area contributed by atoms with Gasteiger partial charge in [-0.3, -0.25) is 4.79 Å². The molecule has 0 heterocycles. The first-order valence-electron chi connectivity index (χ1n) is 6.82. The van der Waals surface area contributed by atoms with Gasteiger partial charge in [-0.2, -0.15) is 0 Å². The summed E-state index contributed by atoms with van der Waals surface area (Å²) in [6.07, 6.45) is 0.893. The highest BCUT2D eigenvalue weighted by Gasteiger charge is 2.44. The molecule has 2 aromatic carbocycles. The summed E-state index contributed by atoms with van der Waals surface area (Å²) in [5, 5.41) is 3.76. The highest BCUT2D eigenvalue weighted by molar-refractivity contribution is 6.31. The average Bonchev–Trinajstić information content (AvgIpc) is 3.27. The van der Waals surface area contributed by atoms with Crippen LogP contribution in [0, 0.1) is 5.92 Å². The van der Waals surface area contributed by atoms with Gasteiger partial charge < -0.3 is 5.32 Å². The second-order valence-corrected chi connectivity index (χ2v) is 5.58. The van der Waals surface area contributed by atoms with E-state index >= 15 is 0 Å². The third-order valence-electron chi connectivity index (χ3n) is 3.74. The van der Waals surface area contributed by atoms with Gasteiger partial charge in [0, 0.05) is 17.5 Å². The van der Waals surface area contributed by atoms with Gasteiger partial charge in [-0.1, -0.05) is 60.1 Å². The summed E-state index contributed by atoms with van der Waals surface area (Å²) in [5.41, 5.74) is 2.21. The van der Waals surface area contributed by atoms with Gasteiger partial charge in [0.2, 0.25) is 5.91 Å². The molecule has 102 valence electrons. The van der Waals surface area contributed by atoms with Crippen molar-refractivity contribution in [1.29, 1.82) is 0 Å². The summed E-state index contributed by atoms with van der Waals surface area (Å²) in [4.78, 5) is 12.1. The minimum atomic E-state index is 0.0682. The van der Waals surface area contributed by atoms with Crippen molar-refractivity contribution in [3.05, 3.63) is 70.7 Å². The lowest BCUT2D eigenvalue weighted by Crippen LogP contribution is -2.24. The van der Waals surface area contributed by atoms with E-state index in [1.54, 1.807) is 0 Å². The number of amides is 1. The van der Waals surface area contributed by atoms with Crippen molar-refractivity contribution in [3.63, 3.8) is 0 Å². The van der Waals surface area contributed by atoms with Crippen LogP contribution in [0.1, 0.15) is 23.5 Å². The molecule has 2 atom stereocenters. The molecule has 20 heavy (non-hydrogen) atoms. The van der Waals surface area contributed by atoms with Crippen LogP contribution >= 0.6 is 11.6 Å². The molecule has 0 saturated heterocycles. The fourth-order valence-electron chi connectivity index (χ4n) is 2.52. The maximum Gasteiger partial charge on any atom is 0.224 e. The Kier molecular flexibility index (Phi) is 3.75. The Balaban J connectivity index is 1.57. The number of rotatable bonds is 4. The summed E-state index contributed by atoms with van der Waals surface area (Å²) in [7, 11) is 0. The van der Waals surface area contributed by atoms with Crippen LogP contribution < -0.4 is 5.32 Å². The molecular weight excluding hydrogens is 270 g/mol. The highest BCUT2D eigenvalue weighted by atomic mass is 35.5. The van der Waals surface area contributed by atoms with Crippen molar-refractivity contribution in [3.8, 4) is 0 Å². The number of carbonyl (C=O) groups is 1. The molecule has 2 aromatic rings. The average molecular weight is 286 g/mol. The van der Waals surface area contributed by atoms with E-state index < -0.39 is 0 Å². The smallest absolute Gasteiger partial charge is 0.224 e. The van der Waals surface area contributed by atoms with Gasteiger partial charge in [-0.15, -0.1) is 0 Å². The fraction of sp³-hybridized carbons (Fsp3) is 0.235. The molecule has 0 spiro atoms. The van der Waals surface area contributed by atoms with E-state index in [0.29, 0.717) is 6.54 Å². The molecule has 3 rings (SSSR count). The molecule has 0 bridgehead atoms. The topological polar surface area (TPSA) is 29.1 Å². The van der Waals surface area contributed by atoms with E-state index in [4.69, 9.17) is 11.6 Å². The summed E-state index contributed by atoms with van der Waals surface area (Å²) in [5.74, 6) is 0.469. The quantitative estimate of drug-likeness (QED) is 0.910. The highest BCUT2D eigenvalue weighted by Crippen LogP contribution is 2.49. The number of benzene rings is 2. The third kappa shape index (κ3) is 2.86. The number of nitrogens with one attached hydrogen (secondary N) is 1. The van der Waals surface area contributed by atoms with Gasteiger partial charge >= 0.3 is 0 Å². The summed E-state index contributed by atoms with van der Waals surface area (Å²) >= 11 is 6.17. The van der Waals surface area contributed by atoms with Gasteiger partial charge in [0.15, 0.2) is 0 Å². The van der Waals surface area contributed by atoms with Crippen molar-refractivity contribution in [2.45, 2.75) is 18.9 Å². The van der Waals surface area contributed by atoms with E-state index in [1.807, 2.05) is 54.6 Å². The number of hydrogen-bond donors (Lipinski definition) is 1. The Hall–Kier alpha value is -1.80. The molecule has 0 radical (unpaired) electrons. The van der Waals surface area contributed by atoms with Crippen LogP contribution in [-0.2, 0) is 11.3 Å². The first-order valence-corrected chi connectivity index (χ1v) is 7.19. The number of carbonyl (C=O) groups excluding carboxylic acids is 1. The van der Waals surface area contributed by atoms with E-state index in [-0.39, 0.29) is 17.7 Å². The first kappa shape index (κ1) is 13.2. The van der Waals surface area contributed by atoms with Gasteiger partial charge in [0.05, 0.1) is 0 Å². The van der Waals surface area contributed by atoms with Crippen LogP contribution in [0.15, 0.2) is 54.6 Å². The van der Waals surface area contributed by atoms with Crippen molar-refractivity contribution in [1.82, 2.24) is 5.32 Å². The molecule has 1 fully saturated rings. The number of halogens is 1. The summed E-state index contributed by atoms with van der Waals surface area (Å²) in [6.45, 7) is 0.589. The normalized spacial score (nSPS) is 20.4. The van der Waals surface area contributed by atoms with Gasteiger partial charge in [-0.05, 0) is 29.5 Å². The molecule has 0 aromatic heterocycles. The molecule has 0 aliphatic heterocycles. The van der Waals surface area contributed by atoms with Gasteiger partial charge in [-0.25, -0.2) is 0 Å². The molecule has 1 N–H and O–H groups in total. The lowest BCUT2D eigenvalue weighted by Gasteiger charge is -2.06. The van der Waals surface area contributed by atoms with E-state index in [9.17, 15) is 4.79 Å². The van der Waals surface area contributed by atoms with Crippen LogP contribution in [0.4, 0.5) is 0 Å². The fourth-order valence-corrected chi connectivity index (χ4v) is 2.80. The van der Waals surface area contributed by atoms with Gasteiger partial charge in [0.1, 0.15) is 0 Å².